The standard InChI is InChI=1S/C14H26N2O4/c1-6-19-12(17)15(5)11-7-9-16(10-8-11)13(18)20-14(2,3)4/h11H,6-10H2,1-5H3. The first kappa shape index (κ1) is 16.6. The van der Waals surface area contributed by atoms with E-state index in [1.807, 2.05) is 20.8 Å². The van der Waals surface area contributed by atoms with Crippen molar-refractivity contribution in [2.75, 3.05) is 26.7 Å². The number of rotatable bonds is 2. The van der Waals surface area contributed by atoms with Gasteiger partial charge in [-0.05, 0) is 40.5 Å². The maximum Gasteiger partial charge on any atom is 0.410 e. The molecular formula is C14H26N2O4. The van der Waals surface area contributed by atoms with E-state index in [2.05, 4.69) is 0 Å². The minimum atomic E-state index is -0.477. The van der Waals surface area contributed by atoms with Crippen molar-refractivity contribution in [1.82, 2.24) is 9.80 Å². The number of carbonyl (C=O) groups is 2. The number of nitrogens with zero attached hydrogens (tertiary/aromatic N) is 2. The predicted molar refractivity (Wildman–Crippen MR) is 75.6 cm³/mol. The molecule has 0 unspecified atom stereocenters. The fourth-order valence-electron chi connectivity index (χ4n) is 2.14. The molecule has 0 spiro atoms. The van der Waals surface area contributed by atoms with E-state index in [1.165, 1.54) is 0 Å². The van der Waals surface area contributed by atoms with E-state index in [0.717, 1.165) is 12.8 Å². The van der Waals surface area contributed by atoms with Gasteiger partial charge < -0.3 is 19.3 Å². The van der Waals surface area contributed by atoms with E-state index in [4.69, 9.17) is 9.47 Å². The molecule has 1 fully saturated rings. The van der Waals surface area contributed by atoms with Gasteiger partial charge in [0.05, 0.1) is 6.61 Å². The molecular weight excluding hydrogens is 260 g/mol. The molecule has 0 N–H and O–H groups in total. The Kier molecular flexibility index (Phi) is 5.65. The third kappa shape index (κ3) is 4.90. The number of likely N-dealkylation sites (tertiary alicyclic amines) is 1. The molecule has 0 atom stereocenters. The number of ether oxygens (including phenoxy) is 2. The van der Waals surface area contributed by atoms with Crippen LogP contribution >= 0.6 is 0 Å². The van der Waals surface area contributed by atoms with Gasteiger partial charge in [-0.15, -0.1) is 0 Å². The minimum absolute atomic E-state index is 0.118. The molecule has 0 bridgehead atoms. The maximum absolute atomic E-state index is 11.9. The van der Waals surface area contributed by atoms with Crippen molar-refractivity contribution < 1.29 is 19.1 Å². The number of carbonyl (C=O) groups excluding carboxylic acids is 2. The SMILES string of the molecule is CCOC(=O)N(C)C1CCN(C(=O)OC(C)(C)C)CC1. The number of amides is 2. The van der Waals surface area contributed by atoms with Crippen molar-refractivity contribution in [3.8, 4) is 0 Å². The number of hydrogen-bond donors (Lipinski definition) is 0. The fourth-order valence-corrected chi connectivity index (χ4v) is 2.14. The van der Waals surface area contributed by atoms with E-state index < -0.39 is 5.60 Å². The average molecular weight is 286 g/mol. The van der Waals surface area contributed by atoms with Gasteiger partial charge in [-0.2, -0.15) is 0 Å². The zero-order valence-electron chi connectivity index (χ0n) is 13.1. The molecule has 1 heterocycles. The van der Waals surface area contributed by atoms with Crippen molar-refractivity contribution in [3.63, 3.8) is 0 Å². The van der Waals surface area contributed by atoms with Gasteiger partial charge in [-0.1, -0.05) is 0 Å². The van der Waals surface area contributed by atoms with Crippen molar-refractivity contribution in [2.24, 2.45) is 0 Å². The molecule has 1 aliphatic rings. The summed E-state index contributed by atoms with van der Waals surface area (Å²) in [4.78, 5) is 26.9. The molecule has 0 aromatic rings. The molecule has 0 aromatic heterocycles. The van der Waals surface area contributed by atoms with Gasteiger partial charge in [0.15, 0.2) is 0 Å². The lowest BCUT2D eigenvalue weighted by molar-refractivity contribution is 0.0155. The average Bonchev–Trinajstić information content (AvgIpc) is 2.36. The fraction of sp³-hybridized carbons (Fsp3) is 0.857. The van der Waals surface area contributed by atoms with E-state index in [9.17, 15) is 9.59 Å². The molecule has 1 saturated heterocycles. The first-order valence-corrected chi connectivity index (χ1v) is 7.12. The Morgan fingerprint density at radius 2 is 1.80 bits per heavy atom. The Labute approximate surface area is 121 Å². The highest BCUT2D eigenvalue weighted by molar-refractivity contribution is 5.69. The zero-order chi connectivity index (χ0) is 15.3. The molecule has 0 aliphatic carbocycles. The largest absolute Gasteiger partial charge is 0.450 e. The normalized spacial score (nSPS) is 16.8. The Balaban J connectivity index is 2.43. The summed E-state index contributed by atoms with van der Waals surface area (Å²) in [7, 11) is 1.74. The lowest BCUT2D eigenvalue weighted by atomic mass is 10.0. The van der Waals surface area contributed by atoms with E-state index >= 15 is 0 Å². The second-order valence-electron chi connectivity index (χ2n) is 6.01. The topological polar surface area (TPSA) is 59.1 Å². The maximum atomic E-state index is 11.9. The van der Waals surface area contributed by atoms with Crippen molar-refractivity contribution >= 4 is 12.2 Å². The van der Waals surface area contributed by atoms with Crippen LogP contribution in [0.5, 0.6) is 0 Å². The van der Waals surface area contributed by atoms with Gasteiger partial charge >= 0.3 is 12.2 Å². The highest BCUT2D eigenvalue weighted by Gasteiger charge is 2.30. The molecule has 0 radical (unpaired) electrons. The van der Waals surface area contributed by atoms with E-state index in [1.54, 1.807) is 23.8 Å². The molecule has 0 aromatic carbocycles. The molecule has 2 amide bonds. The van der Waals surface area contributed by atoms with Gasteiger partial charge in [-0.3, -0.25) is 0 Å². The molecule has 1 aliphatic heterocycles. The third-order valence-electron chi connectivity index (χ3n) is 3.22. The van der Waals surface area contributed by atoms with Gasteiger partial charge in [0, 0.05) is 26.2 Å². The van der Waals surface area contributed by atoms with Crippen LogP contribution in [0.1, 0.15) is 40.5 Å². The van der Waals surface area contributed by atoms with Crippen LogP contribution < -0.4 is 0 Å². The Morgan fingerprint density at radius 1 is 1.25 bits per heavy atom. The second kappa shape index (κ2) is 6.81. The van der Waals surface area contributed by atoms with Gasteiger partial charge in [0.25, 0.3) is 0 Å². The van der Waals surface area contributed by atoms with Crippen LogP contribution in [0.15, 0.2) is 0 Å². The minimum Gasteiger partial charge on any atom is -0.450 e. The summed E-state index contributed by atoms with van der Waals surface area (Å²) in [6.07, 6.45) is 0.904. The number of piperidine rings is 1. The first-order chi connectivity index (χ1) is 9.24. The van der Waals surface area contributed by atoms with Crippen molar-refractivity contribution in [3.05, 3.63) is 0 Å². The van der Waals surface area contributed by atoms with Crippen LogP contribution in [0.2, 0.25) is 0 Å². The molecule has 20 heavy (non-hydrogen) atoms. The summed E-state index contributed by atoms with van der Waals surface area (Å²) in [5.41, 5.74) is -0.477. The van der Waals surface area contributed by atoms with Gasteiger partial charge in [-0.25, -0.2) is 9.59 Å². The van der Waals surface area contributed by atoms with Crippen LogP contribution in [0.25, 0.3) is 0 Å². The smallest absolute Gasteiger partial charge is 0.410 e. The second-order valence-corrected chi connectivity index (χ2v) is 6.01. The molecule has 0 saturated carbocycles. The van der Waals surface area contributed by atoms with Crippen LogP contribution in [-0.2, 0) is 9.47 Å². The summed E-state index contributed by atoms with van der Waals surface area (Å²) >= 11 is 0. The van der Waals surface area contributed by atoms with Crippen molar-refractivity contribution in [2.45, 2.75) is 52.2 Å². The summed E-state index contributed by atoms with van der Waals surface area (Å²) in [6, 6.07) is 0.118. The molecule has 116 valence electrons. The highest BCUT2D eigenvalue weighted by atomic mass is 16.6. The summed E-state index contributed by atoms with van der Waals surface area (Å²) in [5.74, 6) is 0. The molecule has 6 nitrogen and oxygen atoms in total. The lowest BCUT2D eigenvalue weighted by Gasteiger charge is -2.36. The summed E-state index contributed by atoms with van der Waals surface area (Å²) < 4.78 is 10.3. The molecule has 1 rings (SSSR count). The van der Waals surface area contributed by atoms with Gasteiger partial charge in [0.1, 0.15) is 5.60 Å². The Bertz CT molecular complexity index is 344. The van der Waals surface area contributed by atoms with Crippen LogP contribution in [0, 0.1) is 0 Å². The summed E-state index contributed by atoms with van der Waals surface area (Å²) in [5, 5.41) is 0. The summed E-state index contributed by atoms with van der Waals surface area (Å²) in [6.45, 7) is 8.92. The Morgan fingerprint density at radius 3 is 2.25 bits per heavy atom. The van der Waals surface area contributed by atoms with Crippen LogP contribution in [0.4, 0.5) is 9.59 Å². The van der Waals surface area contributed by atoms with Crippen LogP contribution in [-0.4, -0.2) is 60.4 Å². The quantitative estimate of drug-likeness (QED) is 0.782. The van der Waals surface area contributed by atoms with E-state index in [-0.39, 0.29) is 18.2 Å². The van der Waals surface area contributed by atoms with Crippen LogP contribution in [0.3, 0.4) is 0 Å². The van der Waals surface area contributed by atoms with Gasteiger partial charge in [0.2, 0.25) is 0 Å². The highest BCUT2D eigenvalue weighted by Crippen LogP contribution is 2.18. The lowest BCUT2D eigenvalue weighted by Crippen LogP contribution is -2.48. The molecule has 6 heteroatoms. The predicted octanol–water partition coefficient (Wildman–Crippen LogP) is 2.47. The van der Waals surface area contributed by atoms with Crippen molar-refractivity contribution in [1.29, 1.82) is 0 Å². The Hall–Kier alpha value is -1.46. The zero-order valence-corrected chi connectivity index (χ0v) is 13.1. The number of hydrogen-bond acceptors (Lipinski definition) is 4. The third-order valence-corrected chi connectivity index (χ3v) is 3.22. The monoisotopic (exact) mass is 286 g/mol. The van der Waals surface area contributed by atoms with E-state index in [0.29, 0.717) is 19.7 Å². The first-order valence-electron chi connectivity index (χ1n) is 7.12.